The molecule has 0 atom stereocenters. The molecule has 0 spiro atoms. The number of allylic oxidation sites excluding steroid dienone is 2. The normalized spacial score (nSPS) is 10.7. The molecule has 0 aliphatic heterocycles. The summed E-state index contributed by atoms with van der Waals surface area (Å²) in [5, 5.41) is 0. The van der Waals surface area contributed by atoms with Gasteiger partial charge in [0, 0.05) is 6.54 Å². The van der Waals surface area contributed by atoms with Gasteiger partial charge in [0.25, 0.3) is 0 Å². The average molecular weight is 253 g/mol. The van der Waals surface area contributed by atoms with Gasteiger partial charge in [0.2, 0.25) is 0 Å². The van der Waals surface area contributed by atoms with Crippen LogP contribution in [0, 0.1) is 0 Å². The highest BCUT2D eigenvalue weighted by Crippen LogP contribution is 1.96. The van der Waals surface area contributed by atoms with Crippen molar-refractivity contribution in [2.24, 2.45) is 16.5 Å². The second kappa shape index (κ2) is 10.4. The lowest BCUT2D eigenvalue weighted by molar-refractivity contribution is 0.381. The highest BCUT2D eigenvalue weighted by molar-refractivity contribution is 7.79. The van der Waals surface area contributed by atoms with E-state index in [0.717, 1.165) is 25.8 Å². The van der Waals surface area contributed by atoms with Gasteiger partial charge in [0.15, 0.2) is 5.96 Å². The van der Waals surface area contributed by atoms with Crippen LogP contribution in [-0.4, -0.2) is 30.0 Å². The Morgan fingerprint density at radius 2 is 1.81 bits per heavy atom. The molecule has 0 aliphatic carbocycles. The summed E-state index contributed by atoms with van der Waals surface area (Å²) < 4.78 is 31.6. The Bertz CT molecular complexity index is 299. The molecule has 16 heavy (non-hydrogen) atoms. The van der Waals surface area contributed by atoms with Crippen LogP contribution < -0.4 is 11.5 Å². The van der Waals surface area contributed by atoms with Gasteiger partial charge in [-0.2, -0.15) is 8.42 Å². The summed E-state index contributed by atoms with van der Waals surface area (Å²) in [5.74, 6) is 0.191. The molecule has 0 radical (unpaired) electrons. The topological polar surface area (TPSA) is 139 Å². The third kappa shape index (κ3) is 38.4. The summed E-state index contributed by atoms with van der Waals surface area (Å²) in [6.07, 6.45) is 7.54. The molecule has 8 heteroatoms. The van der Waals surface area contributed by atoms with Crippen molar-refractivity contribution >= 4 is 16.4 Å². The third-order valence-electron chi connectivity index (χ3n) is 1.31. The number of nitrogens with two attached hydrogens (primary N) is 2. The van der Waals surface area contributed by atoms with Crippen LogP contribution in [0.4, 0.5) is 0 Å². The average Bonchev–Trinajstić information content (AvgIpc) is 2.08. The maximum atomic E-state index is 8.74. The van der Waals surface area contributed by atoms with Crippen LogP contribution in [0.1, 0.15) is 26.2 Å². The van der Waals surface area contributed by atoms with Crippen LogP contribution in [0.3, 0.4) is 0 Å². The van der Waals surface area contributed by atoms with Gasteiger partial charge in [-0.05, 0) is 26.2 Å². The monoisotopic (exact) mass is 253 g/mol. The first-order chi connectivity index (χ1) is 7.27. The highest BCUT2D eigenvalue weighted by atomic mass is 32.3. The first-order valence-electron chi connectivity index (χ1n) is 4.63. The molecule has 0 saturated carbocycles. The summed E-state index contributed by atoms with van der Waals surface area (Å²) >= 11 is 0. The molecule has 0 aromatic carbocycles. The molecule has 0 amide bonds. The van der Waals surface area contributed by atoms with Crippen molar-refractivity contribution in [2.45, 2.75) is 26.2 Å². The molecule has 0 saturated heterocycles. The van der Waals surface area contributed by atoms with E-state index in [1.807, 2.05) is 6.92 Å². The maximum Gasteiger partial charge on any atom is 0.394 e. The van der Waals surface area contributed by atoms with E-state index in [2.05, 4.69) is 17.1 Å². The van der Waals surface area contributed by atoms with E-state index in [9.17, 15) is 0 Å². The molecule has 0 aromatic rings. The molecule has 0 rings (SSSR count). The fourth-order valence-electron chi connectivity index (χ4n) is 0.749. The third-order valence-corrected chi connectivity index (χ3v) is 1.31. The molecule has 0 fully saturated rings. The second-order valence-corrected chi connectivity index (χ2v) is 3.71. The van der Waals surface area contributed by atoms with E-state index in [-0.39, 0.29) is 5.96 Å². The quantitative estimate of drug-likeness (QED) is 0.183. The maximum absolute atomic E-state index is 8.74. The minimum Gasteiger partial charge on any atom is -0.370 e. The van der Waals surface area contributed by atoms with Crippen molar-refractivity contribution in [1.29, 1.82) is 0 Å². The minimum absolute atomic E-state index is 0.191. The summed E-state index contributed by atoms with van der Waals surface area (Å²) in [6.45, 7) is 2.77. The zero-order valence-corrected chi connectivity index (χ0v) is 10.0. The molecule has 6 N–H and O–H groups in total. The second-order valence-electron chi connectivity index (χ2n) is 2.82. The summed E-state index contributed by atoms with van der Waals surface area (Å²) in [4.78, 5) is 3.87. The lowest BCUT2D eigenvalue weighted by Crippen LogP contribution is -2.22. The Morgan fingerprint density at radius 1 is 1.31 bits per heavy atom. The van der Waals surface area contributed by atoms with Crippen LogP contribution in [-0.2, 0) is 10.4 Å². The van der Waals surface area contributed by atoms with Crippen LogP contribution >= 0.6 is 0 Å². The minimum atomic E-state index is -4.67. The molecule has 96 valence electrons. The van der Waals surface area contributed by atoms with Crippen LogP contribution in [0.15, 0.2) is 17.1 Å². The lowest BCUT2D eigenvalue weighted by Gasteiger charge is -1.93. The molecule has 0 aromatic heterocycles. The van der Waals surface area contributed by atoms with Gasteiger partial charge in [-0.25, -0.2) is 0 Å². The lowest BCUT2D eigenvalue weighted by atomic mass is 10.2. The Morgan fingerprint density at radius 3 is 2.19 bits per heavy atom. The van der Waals surface area contributed by atoms with Crippen molar-refractivity contribution in [3.63, 3.8) is 0 Å². The van der Waals surface area contributed by atoms with Gasteiger partial charge < -0.3 is 11.5 Å². The Kier molecular flexibility index (Phi) is 11.2. The molecule has 0 heterocycles. The van der Waals surface area contributed by atoms with Gasteiger partial charge in [-0.1, -0.05) is 12.2 Å². The number of aliphatic imine (C=N–C) groups is 1. The number of hydrogen-bond acceptors (Lipinski definition) is 3. The Labute approximate surface area is 95.8 Å². The number of nitrogens with zero attached hydrogens (tertiary/aromatic N) is 1. The van der Waals surface area contributed by atoms with Gasteiger partial charge >= 0.3 is 10.4 Å². The predicted octanol–water partition coefficient (Wildman–Crippen LogP) is 0.353. The van der Waals surface area contributed by atoms with Gasteiger partial charge in [-0.15, -0.1) is 0 Å². The smallest absolute Gasteiger partial charge is 0.370 e. The zero-order chi connectivity index (χ0) is 13.0. The Hall–Kier alpha value is -1.12. The van der Waals surface area contributed by atoms with E-state index >= 15 is 0 Å². The van der Waals surface area contributed by atoms with E-state index < -0.39 is 10.4 Å². The number of hydrogen-bond donors (Lipinski definition) is 4. The van der Waals surface area contributed by atoms with E-state index in [0.29, 0.717) is 0 Å². The number of unbranched alkanes of at least 4 members (excludes halogenated alkanes) is 2. The summed E-state index contributed by atoms with van der Waals surface area (Å²) in [5.41, 5.74) is 10.3. The largest absolute Gasteiger partial charge is 0.394 e. The van der Waals surface area contributed by atoms with Crippen LogP contribution in [0.5, 0.6) is 0 Å². The first-order valence-corrected chi connectivity index (χ1v) is 6.03. The van der Waals surface area contributed by atoms with Gasteiger partial charge in [0.1, 0.15) is 0 Å². The van der Waals surface area contributed by atoms with Crippen molar-refractivity contribution in [3.8, 4) is 0 Å². The predicted molar refractivity (Wildman–Crippen MR) is 63.5 cm³/mol. The molecular weight excluding hydrogens is 234 g/mol. The zero-order valence-electron chi connectivity index (χ0n) is 9.20. The van der Waals surface area contributed by atoms with Crippen molar-refractivity contribution < 1.29 is 17.5 Å². The van der Waals surface area contributed by atoms with Crippen LogP contribution in [0.25, 0.3) is 0 Å². The van der Waals surface area contributed by atoms with Crippen molar-refractivity contribution in [1.82, 2.24) is 0 Å². The first kappa shape index (κ1) is 17.3. The molecule has 0 unspecified atom stereocenters. The van der Waals surface area contributed by atoms with Gasteiger partial charge in [-0.3, -0.25) is 14.1 Å². The van der Waals surface area contributed by atoms with Crippen LogP contribution in [0.2, 0.25) is 0 Å². The number of guanidine groups is 1. The van der Waals surface area contributed by atoms with E-state index in [1.165, 1.54) is 0 Å². The fraction of sp³-hybridized carbons (Fsp3) is 0.625. The molecule has 0 aliphatic rings. The highest BCUT2D eigenvalue weighted by Gasteiger charge is 1.85. The summed E-state index contributed by atoms with van der Waals surface area (Å²) in [6, 6.07) is 0. The van der Waals surface area contributed by atoms with Crippen molar-refractivity contribution in [3.05, 3.63) is 12.2 Å². The molecular formula is C8H19N3O4S. The van der Waals surface area contributed by atoms with Crippen molar-refractivity contribution in [2.75, 3.05) is 6.54 Å². The fourth-order valence-corrected chi connectivity index (χ4v) is 0.749. The molecule has 0 bridgehead atoms. The Balaban J connectivity index is 0. The number of rotatable bonds is 5. The SMILES string of the molecule is CC=CCCCCN=C(N)N.O=S(=O)(O)O. The standard InChI is InChI=1S/C8H17N3.H2O4S/c1-2-3-4-5-6-7-11-8(9)10;1-5(2,3)4/h2-3H,4-7H2,1H3,(H4,9,10,11);(H2,1,2,3,4). The van der Waals surface area contributed by atoms with E-state index in [4.69, 9.17) is 29.0 Å². The van der Waals surface area contributed by atoms with E-state index in [1.54, 1.807) is 0 Å². The summed E-state index contributed by atoms with van der Waals surface area (Å²) in [7, 11) is -4.67. The van der Waals surface area contributed by atoms with Gasteiger partial charge in [0.05, 0.1) is 0 Å². The molecule has 7 nitrogen and oxygen atoms in total.